The van der Waals surface area contributed by atoms with E-state index in [1.165, 1.54) is 11.1 Å². The second kappa shape index (κ2) is 6.25. The number of carbonyl (C=O) groups excluding carboxylic acids is 1. The van der Waals surface area contributed by atoms with E-state index in [0.29, 0.717) is 13.0 Å². The molecule has 3 heteroatoms. The van der Waals surface area contributed by atoms with Crippen LogP contribution in [0.3, 0.4) is 0 Å². The number of ether oxygens (including phenoxy) is 1. The number of benzene rings is 2. The lowest BCUT2D eigenvalue weighted by Gasteiger charge is -2.24. The third-order valence-electron chi connectivity index (χ3n) is 4.88. The minimum Gasteiger partial charge on any atom is -0.383 e. The minimum atomic E-state index is 0.254. The van der Waals surface area contributed by atoms with E-state index < -0.39 is 0 Å². The van der Waals surface area contributed by atoms with Gasteiger partial charge < -0.3 is 10.1 Å². The number of anilines is 1. The number of hydrogen-bond donors (Lipinski definition) is 1. The van der Waals surface area contributed by atoms with E-state index in [4.69, 9.17) is 4.74 Å². The minimum absolute atomic E-state index is 0.254. The zero-order chi connectivity index (χ0) is 16.5. The quantitative estimate of drug-likeness (QED) is 0.838. The predicted octanol–water partition coefficient (Wildman–Crippen LogP) is 4.59. The zero-order valence-corrected chi connectivity index (χ0v) is 13.9. The molecule has 2 aromatic carbocycles. The monoisotopic (exact) mass is 319 g/mol. The summed E-state index contributed by atoms with van der Waals surface area (Å²) in [6.45, 7) is 1.44. The van der Waals surface area contributed by atoms with Gasteiger partial charge in [0.15, 0.2) is 5.78 Å². The summed E-state index contributed by atoms with van der Waals surface area (Å²) >= 11 is 0. The van der Waals surface area contributed by atoms with E-state index >= 15 is 0 Å². The average molecular weight is 319 g/mol. The van der Waals surface area contributed by atoms with Crippen LogP contribution in [0.25, 0.3) is 16.3 Å². The Morgan fingerprint density at radius 2 is 2.12 bits per heavy atom. The second-order valence-electron chi connectivity index (χ2n) is 6.40. The van der Waals surface area contributed by atoms with Crippen molar-refractivity contribution in [2.24, 2.45) is 0 Å². The molecule has 0 saturated heterocycles. The number of fused-ring (bicyclic) bond motifs is 4. The fraction of sp³-hybridized carbons (Fsp3) is 0.286. The SMILES string of the molecule is COCCNc1ccc2c3c(ccc2c1)C1=C(CCC=C1)CC3=O. The number of methoxy groups -OCH3 is 1. The van der Waals surface area contributed by atoms with Crippen LogP contribution < -0.4 is 5.32 Å². The summed E-state index contributed by atoms with van der Waals surface area (Å²) in [5.74, 6) is 0.254. The Labute approximate surface area is 142 Å². The summed E-state index contributed by atoms with van der Waals surface area (Å²) in [7, 11) is 1.70. The highest BCUT2D eigenvalue weighted by atomic mass is 16.5. The number of nitrogens with one attached hydrogen (secondary N) is 1. The Kier molecular flexibility index (Phi) is 3.95. The van der Waals surface area contributed by atoms with Gasteiger partial charge >= 0.3 is 0 Å². The Morgan fingerprint density at radius 3 is 3.00 bits per heavy atom. The van der Waals surface area contributed by atoms with E-state index in [1.54, 1.807) is 7.11 Å². The van der Waals surface area contributed by atoms with E-state index in [9.17, 15) is 4.79 Å². The highest BCUT2D eigenvalue weighted by molar-refractivity contribution is 6.16. The summed E-state index contributed by atoms with van der Waals surface area (Å²) < 4.78 is 5.07. The lowest BCUT2D eigenvalue weighted by atomic mass is 9.79. The van der Waals surface area contributed by atoms with Gasteiger partial charge in [-0.25, -0.2) is 0 Å². The molecular weight excluding hydrogens is 298 g/mol. The maximum absolute atomic E-state index is 12.8. The molecule has 0 aliphatic heterocycles. The number of Topliss-reactive ketones (excluding diaryl/α,β-unsaturated/α-hetero) is 1. The smallest absolute Gasteiger partial charge is 0.168 e. The number of carbonyl (C=O) groups is 1. The molecule has 1 N–H and O–H groups in total. The van der Waals surface area contributed by atoms with Crippen LogP contribution in [0.4, 0.5) is 5.69 Å². The van der Waals surface area contributed by atoms with Crippen molar-refractivity contribution in [1.29, 1.82) is 0 Å². The van der Waals surface area contributed by atoms with Crippen molar-refractivity contribution in [2.75, 3.05) is 25.6 Å². The van der Waals surface area contributed by atoms with Crippen LogP contribution in [0.1, 0.15) is 35.2 Å². The highest BCUT2D eigenvalue weighted by Gasteiger charge is 2.26. The van der Waals surface area contributed by atoms with Gasteiger partial charge in [0, 0.05) is 31.3 Å². The molecule has 0 bridgehead atoms. The van der Waals surface area contributed by atoms with Gasteiger partial charge in [-0.2, -0.15) is 0 Å². The molecule has 0 heterocycles. The first-order valence-electron chi connectivity index (χ1n) is 8.49. The first-order valence-corrected chi connectivity index (χ1v) is 8.49. The van der Waals surface area contributed by atoms with Crippen molar-refractivity contribution in [1.82, 2.24) is 0 Å². The molecule has 0 amide bonds. The third-order valence-corrected chi connectivity index (χ3v) is 4.88. The van der Waals surface area contributed by atoms with Gasteiger partial charge in [-0.1, -0.05) is 35.9 Å². The van der Waals surface area contributed by atoms with Crippen LogP contribution in [-0.4, -0.2) is 26.0 Å². The molecule has 3 nitrogen and oxygen atoms in total. The molecule has 0 saturated carbocycles. The molecule has 122 valence electrons. The van der Waals surface area contributed by atoms with Crippen molar-refractivity contribution in [2.45, 2.75) is 19.3 Å². The van der Waals surface area contributed by atoms with Gasteiger partial charge in [0.25, 0.3) is 0 Å². The molecule has 0 radical (unpaired) electrons. The van der Waals surface area contributed by atoms with Crippen molar-refractivity contribution < 1.29 is 9.53 Å². The van der Waals surface area contributed by atoms with E-state index in [0.717, 1.165) is 47.0 Å². The summed E-state index contributed by atoms with van der Waals surface area (Å²) in [5.41, 5.74) is 5.61. The molecule has 0 aromatic heterocycles. The molecule has 0 atom stereocenters. The van der Waals surface area contributed by atoms with E-state index in [1.807, 2.05) is 6.07 Å². The summed E-state index contributed by atoms with van der Waals surface area (Å²) in [4.78, 5) is 12.8. The molecule has 0 fully saturated rings. The first-order chi connectivity index (χ1) is 11.8. The second-order valence-corrected chi connectivity index (χ2v) is 6.40. The number of rotatable bonds is 4. The fourth-order valence-corrected chi connectivity index (χ4v) is 3.72. The highest BCUT2D eigenvalue weighted by Crippen LogP contribution is 2.40. The van der Waals surface area contributed by atoms with Gasteiger partial charge in [0.05, 0.1) is 6.61 Å². The molecule has 24 heavy (non-hydrogen) atoms. The maximum Gasteiger partial charge on any atom is 0.168 e. The van der Waals surface area contributed by atoms with Gasteiger partial charge in [0.1, 0.15) is 0 Å². The van der Waals surface area contributed by atoms with Gasteiger partial charge in [0.2, 0.25) is 0 Å². The topological polar surface area (TPSA) is 38.3 Å². The molecule has 0 unspecified atom stereocenters. The Balaban J connectivity index is 1.79. The van der Waals surface area contributed by atoms with Crippen LogP contribution >= 0.6 is 0 Å². The van der Waals surface area contributed by atoms with Crippen molar-refractivity contribution in [3.63, 3.8) is 0 Å². The largest absolute Gasteiger partial charge is 0.383 e. The normalized spacial score (nSPS) is 16.3. The molecule has 0 spiro atoms. The zero-order valence-electron chi connectivity index (χ0n) is 13.9. The first kappa shape index (κ1) is 15.2. The van der Waals surface area contributed by atoms with E-state index in [2.05, 4.69) is 41.7 Å². The van der Waals surface area contributed by atoms with E-state index in [-0.39, 0.29) is 5.78 Å². The van der Waals surface area contributed by atoms with Gasteiger partial charge in [-0.3, -0.25) is 4.79 Å². The van der Waals surface area contributed by atoms with Crippen molar-refractivity contribution in [3.8, 4) is 0 Å². The summed E-state index contributed by atoms with van der Waals surface area (Å²) in [6.07, 6.45) is 7.03. The fourth-order valence-electron chi connectivity index (χ4n) is 3.72. The third kappa shape index (κ3) is 2.55. The number of hydrogen-bond acceptors (Lipinski definition) is 3. The summed E-state index contributed by atoms with van der Waals surface area (Å²) in [5, 5.41) is 5.50. The Hall–Kier alpha value is -2.39. The lowest BCUT2D eigenvalue weighted by molar-refractivity contribution is 0.0992. The molecule has 4 rings (SSSR count). The van der Waals surface area contributed by atoms with Crippen LogP contribution in [-0.2, 0) is 4.74 Å². The molecule has 2 aromatic rings. The van der Waals surface area contributed by atoms with Crippen LogP contribution in [0.15, 0.2) is 48.1 Å². The lowest BCUT2D eigenvalue weighted by Crippen LogP contribution is -2.14. The molecule has 2 aliphatic carbocycles. The standard InChI is InChI=1S/C21H21NO2/c1-24-11-10-22-16-7-9-18-15(12-16)6-8-19-17-5-3-2-4-14(17)13-20(23)21(18)19/h3,5-9,12,22H,2,4,10-11,13H2,1H3. The van der Waals surface area contributed by atoms with Crippen LogP contribution in [0.5, 0.6) is 0 Å². The van der Waals surface area contributed by atoms with Crippen molar-refractivity contribution >= 4 is 27.8 Å². The average Bonchev–Trinajstić information content (AvgIpc) is 2.61. The van der Waals surface area contributed by atoms with Gasteiger partial charge in [-0.05, 0) is 46.9 Å². The van der Waals surface area contributed by atoms with Crippen LogP contribution in [0, 0.1) is 0 Å². The summed E-state index contributed by atoms with van der Waals surface area (Å²) in [6, 6.07) is 10.5. The number of ketones is 1. The van der Waals surface area contributed by atoms with Crippen molar-refractivity contribution in [3.05, 3.63) is 59.2 Å². The maximum atomic E-state index is 12.8. The predicted molar refractivity (Wildman–Crippen MR) is 98.6 cm³/mol. The van der Waals surface area contributed by atoms with Crippen LogP contribution in [0.2, 0.25) is 0 Å². The Morgan fingerprint density at radius 1 is 1.21 bits per heavy atom. The molecular formula is C21H21NO2. The number of allylic oxidation sites excluding steroid dienone is 4. The Bertz CT molecular complexity index is 877. The van der Waals surface area contributed by atoms with Gasteiger partial charge in [-0.15, -0.1) is 0 Å². The molecule has 2 aliphatic rings.